The lowest BCUT2D eigenvalue weighted by molar-refractivity contribution is -0.128. The van der Waals surface area contributed by atoms with Crippen LogP contribution in [0.25, 0.3) is 0 Å². The first-order valence-corrected chi connectivity index (χ1v) is 3.30. The van der Waals surface area contributed by atoms with Crippen LogP contribution in [0.5, 0.6) is 0 Å². The molecular weight excluding hydrogens is 132 g/mol. The van der Waals surface area contributed by atoms with E-state index in [0.29, 0.717) is 6.54 Å². The Kier molecular flexibility index (Phi) is 0.922. The van der Waals surface area contributed by atoms with Crippen LogP contribution in [0.2, 0.25) is 0 Å². The fraction of sp³-hybridized carbons (Fsp3) is 0.667. The first-order valence-electron chi connectivity index (χ1n) is 3.30. The Labute approximate surface area is 57.8 Å². The van der Waals surface area contributed by atoms with Crippen LogP contribution in [-0.4, -0.2) is 18.4 Å². The Balaban J connectivity index is 2.17. The van der Waals surface area contributed by atoms with Crippen LogP contribution in [0.15, 0.2) is 0 Å². The number of hydrogen-bond donors (Lipinski definition) is 2. The van der Waals surface area contributed by atoms with E-state index in [4.69, 9.17) is 5.73 Å². The van der Waals surface area contributed by atoms with Crippen molar-refractivity contribution in [2.24, 2.45) is 23.5 Å². The third-order valence-electron chi connectivity index (χ3n) is 2.29. The van der Waals surface area contributed by atoms with Gasteiger partial charge in [0.2, 0.25) is 11.8 Å². The van der Waals surface area contributed by atoms with Gasteiger partial charge in [-0.3, -0.25) is 14.9 Å². The molecule has 10 heavy (non-hydrogen) atoms. The second-order valence-corrected chi connectivity index (χ2v) is 2.80. The second-order valence-electron chi connectivity index (χ2n) is 2.80. The lowest BCUT2D eigenvalue weighted by Crippen LogP contribution is -2.29. The minimum Gasteiger partial charge on any atom is -0.330 e. The van der Waals surface area contributed by atoms with Gasteiger partial charge in [0.15, 0.2) is 0 Å². The highest BCUT2D eigenvalue weighted by molar-refractivity contribution is 6.09. The smallest absolute Gasteiger partial charge is 0.230 e. The average Bonchev–Trinajstić information content (AvgIpc) is 2.53. The third-order valence-corrected chi connectivity index (χ3v) is 2.29. The molecule has 1 aliphatic carbocycles. The first kappa shape index (κ1) is 5.85. The number of carbonyl (C=O) groups is 2. The molecular formula is C6H8N2O2. The largest absolute Gasteiger partial charge is 0.330 e. The Bertz CT molecular complexity index is 194. The van der Waals surface area contributed by atoms with Crippen LogP contribution in [0.1, 0.15) is 0 Å². The number of amides is 2. The van der Waals surface area contributed by atoms with Gasteiger partial charge < -0.3 is 5.73 Å². The van der Waals surface area contributed by atoms with E-state index in [-0.39, 0.29) is 29.6 Å². The molecule has 54 valence electrons. The van der Waals surface area contributed by atoms with Crippen molar-refractivity contribution in [1.29, 1.82) is 0 Å². The van der Waals surface area contributed by atoms with Crippen molar-refractivity contribution in [2.45, 2.75) is 0 Å². The molecule has 2 unspecified atom stereocenters. The van der Waals surface area contributed by atoms with Crippen molar-refractivity contribution in [1.82, 2.24) is 5.32 Å². The molecule has 2 aliphatic rings. The van der Waals surface area contributed by atoms with Gasteiger partial charge in [-0.05, 0) is 12.5 Å². The molecule has 3 N–H and O–H groups in total. The highest BCUT2D eigenvalue weighted by Gasteiger charge is 2.63. The fourth-order valence-corrected chi connectivity index (χ4v) is 1.67. The van der Waals surface area contributed by atoms with Gasteiger partial charge >= 0.3 is 0 Å². The SMILES string of the molecule is NCC1C2C(=O)NC(=O)C12. The summed E-state index contributed by atoms with van der Waals surface area (Å²) in [6, 6.07) is 0. The molecule has 1 aliphatic heterocycles. The maximum atomic E-state index is 10.8. The van der Waals surface area contributed by atoms with E-state index in [9.17, 15) is 9.59 Å². The molecule has 1 saturated carbocycles. The van der Waals surface area contributed by atoms with Gasteiger partial charge in [-0.15, -0.1) is 0 Å². The standard InChI is InChI=1S/C6H8N2O2/c7-1-2-3-4(2)6(10)8-5(3)9/h2-4H,1,7H2,(H,8,9,10). The van der Waals surface area contributed by atoms with E-state index >= 15 is 0 Å². The average molecular weight is 140 g/mol. The molecule has 4 heteroatoms. The normalized spacial score (nSPS) is 43.1. The molecule has 0 aromatic rings. The topological polar surface area (TPSA) is 72.2 Å². The zero-order valence-electron chi connectivity index (χ0n) is 5.33. The van der Waals surface area contributed by atoms with Crippen molar-refractivity contribution < 1.29 is 9.59 Å². The summed E-state index contributed by atoms with van der Waals surface area (Å²) in [5.41, 5.74) is 5.32. The predicted molar refractivity (Wildman–Crippen MR) is 32.7 cm³/mol. The van der Waals surface area contributed by atoms with Crippen LogP contribution in [0, 0.1) is 17.8 Å². The van der Waals surface area contributed by atoms with E-state index in [1.807, 2.05) is 0 Å². The third kappa shape index (κ3) is 0.495. The van der Waals surface area contributed by atoms with Crippen molar-refractivity contribution in [3.63, 3.8) is 0 Å². The van der Waals surface area contributed by atoms with E-state index in [1.54, 1.807) is 0 Å². The van der Waals surface area contributed by atoms with Gasteiger partial charge in [0.05, 0.1) is 11.8 Å². The Morgan fingerprint density at radius 2 is 1.80 bits per heavy atom. The molecule has 0 radical (unpaired) electrons. The summed E-state index contributed by atoms with van der Waals surface area (Å²) in [4.78, 5) is 21.6. The Morgan fingerprint density at radius 1 is 1.30 bits per heavy atom. The summed E-state index contributed by atoms with van der Waals surface area (Å²) in [5, 5.41) is 2.25. The van der Waals surface area contributed by atoms with Crippen LogP contribution in [-0.2, 0) is 9.59 Å². The van der Waals surface area contributed by atoms with Gasteiger partial charge in [0, 0.05) is 0 Å². The molecule has 2 atom stereocenters. The molecule has 1 saturated heterocycles. The number of nitrogens with two attached hydrogens (primary N) is 1. The molecule has 4 nitrogen and oxygen atoms in total. The lowest BCUT2D eigenvalue weighted by atomic mass is 10.3. The van der Waals surface area contributed by atoms with Crippen LogP contribution < -0.4 is 11.1 Å². The van der Waals surface area contributed by atoms with Crippen LogP contribution in [0.3, 0.4) is 0 Å². The summed E-state index contributed by atoms with van der Waals surface area (Å²) >= 11 is 0. The Morgan fingerprint density at radius 3 is 2.10 bits per heavy atom. The van der Waals surface area contributed by atoms with Crippen LogP contribution >= 0.6 is 0 Å². The van der Waals surface area contributed by atoms with Gasteiger partial charge in [0.25, 0.3) is 0 Å². The highest BCUT2D eigenvalue weighted by atomic mass is 16.2. The highest BCUT2D eigenvalue weighted by Crippen LogP contribution is 2.49. The monoisotopic (exact) mass is 140 g/mol. The summed E-state index contributed by atoms with van der Waals surface area (Å²) in [6.45, 7) is 0.453. The summed E-state index contributed by atoms with van der Waals surface area (Å²) in [6.07, 6.45) is 0. The molecule has 0 spiro atoms. The van der Waals surface area contributed by atoms with Crippen LogP contribution in [0.4, 0.5) is 0 Å². The number of imide groups is 1. The summed E-state index contributed by atoms with van der Waals surface area (Å²) < 4.78 is 0. The molecule has 2 amide bonds. The zero-order chi connectivity index (χ0) is 7.30. The maximum absolute atomic E-state index is 10.8. The quantitative estimate of drug-likeness (QED) is 0.434. The zero-order valence-corrected chi connectivity index (χ0v) is 5.33. The molecule has 1 heterocycles. The second kappa shape index (κ2) is 1.58. The molecule has 2 fully saturated rings. The van der Waals surface area contributed by atoms with Crippen molar-refractivity contribution in [3.05, 3.63) is 0 Å². The molecule has 2 rings (SSSR count). The van der Waals surface area contributed by atoms with Crippen molar-refractivity contribution in [3.8, 4) is 0 Å². The predicted octanol–water partition coefficient (Wildman–Crippen LogP) is -1.54. The van der Waals surface area contributed by atoms with E-state index in [0.717, 1.165) is 0 Å². The number of nitrogens with one attached hydrogen (secondary N) is 1. The molecule has 0 bridgehead atoms. The van der Waals surface area contributed by atoms with E-state index in [1.165, 1.54) is 0 Å². The van der Waals surface area contributed by atoms with Crippen molar-refractivity contribution in [2.75, 3.05) is 6.54 Å². The van der Waals surface area contributed by atoms with E-state index < -0.39 is 0 Å². The fourth-order valence-electron chi connectivity index (χ4n) is 1.67. The first-order chi connectivity index (χ1) is 4.75. The number of carbonyl (C=O) groups excluding carboxylic acids is 2. The molecule has 0 aromatic heterocycles. The van der Waals surface area contributed by atoms with E-state index in [2.05, 4.69) is 5.32 Å². The number of hydrogen-bond acceptors (Lipinski definition) is 3. The maximum Gasteiger partial charge on any atom is 0.230 e. The van der Waals surface area contributed by atoms with Gasteiger partial charge in [-0.2, -0.15) is 0 Å². The van der Waals surface area contributed by atoms with Gasteiger partial charge in [-0.25, -0.2) is 0 Å². The minimum absolute atomic E-state index is 0.0856. The summed E-state index contributed by atoms with van der Waals surface area (Å²) in [7, 11) is 0. The lowest BCUT2D eigenvalue weighted by Gasteiger charge is -1.97. The van der Waals surface area contributed by atoms with Crippen molar-refractivity contribution >= 4 is 11.8 Å². The van der Waals surface area contributed by atoms with Gasteiger partial charge in [-0.1, -0.05) is 0 Å². The minimum atomic E-state index is -0.134. The summed E-state index contributed by atoms with van der Waals surface area (Å²) in [5.74, 6) is -0.299. The number of piperidine rings is 1. The number of rotatable bonds is 1. The van der Waals surface area contributed by atoms with Gasteiger partial charge in [0.1, 0.15) is 0 Å². The molecule has 0 aromatic carbocycles. The number of fused-ring (bicyclic) bond motifs is 1. The Hall–Kier alpha value is -0.900.